The minimum absolute atomic E-state index is 0.134. The maximum atomic E-state index is 11.1. The molecule has 1 aromatic rings. The molecule has 0 saturated heterocycles. The number of carboxylic acids is 1. The third-order valence-electron chi connectivity index (χ3n) is 3.64. The molecule has 1 unspecified atom stereocenters. The van der Waals surface area contributed by atoms with Gasteiger partial charge in [0.1, 0.15) is 18.4 Å². The van der Waals surface area contributed by atoms with Crippen LogP contribution in [0.25, 0.3) is 0 Å². The van der Waals surface area contributed by atoms with Crippen LogP contribution in [0.15, 0.2) is 24.3 Å². The van der Waals surface area contributed by atoms with Gasteiger partial charge < -0.3 is 9.84 Å². The molecule has 118 valence electrons. The average Bonchev–Trinajstić information content (AvgIpc) is 2.38. The van der Waals surface area contributed by atoms with Crippen LogP contribution in [-0.4, -0.2) is 42.2 Å². The average molecular weight is 293 g/mol. The number of carboxylic acid groups (broad SMARTS) is 1. The van der Waals surface area contributed by atoms with Gasteiger partial charge in [0.2, 0.25) is 0 Å². The van der Waals surface area contributed by atoms with Crippen molar-refractivity contribution in [2.24, 2.45) is 0 Å². The van der Waals surface area contributed by atoms with Gasteiger partial charge in [0.05, 0.1) is 0 Å². The first-order chi connectivity index (χ1) is 9.75. The van der Waals surface area contributed by atoms with Crippen LogP contribution in [0.3, 0.4) is 0 Å². The Bertz CT molecular complexity index is 448. The van der Waals surface area contributed by atoms with Gasteiger partial charge in [-0.15, -0.1) is 0 Å². The zero-order valence-corrected chi connectivity index (χ0v) is 13.7. The van der Waals surface area contributed by atoms with Gasteiger partial charge in [-0.05, 0) is 36.6 Å². The van der Waals surface area contributed by atoms with E-state index in [1.54, 1.807) is 0 Å². The van der Waals surface area contributed by atoms with Crippen LogP contribution < -0.4 is 4.74 Å². The van der Waals surface area contributed by atoms with E-state index >= 15 is 0 Å². The molecule has 0 aliphatic carbocycles. The lowest BCUT2D eigenvalue weighted by Crippen LogP contribution is -2.40. The minimum Gasteiger partial charge on any atom is -0.492 e. The Kier molecular flexibility index (Phi) is 6.21. The van der Waals surface area contributed by atoms with E-state index in [-0.39, 0.29) is 5.41 Å². The van der Waals surface area contributed by atoms with Crippen LogP contribution in [0, 0.1) is 0 Å². The van der Waals surface area contributed by atoms with Crippen molar-refractivity contribution >= 4 is 5.97 Å². The monoisotopic (exact) mass is 293 g/mol. The number of carbonyl (C=O) groups is 1. The number of hydrogen-bond donors (Lipinski definition) is 1. The summed E-state index contributed by atoms with van der Waals surface area (Å²) >= 11 is 0. The molecule has 1 atom stereocenters. The Hall–Kier alpha value is -1.55. The summed E-state index contributed by atoms with van der Waals surface area (Å²) in [7, 11) is 1.81. The van der Waals surface area contributed by atoms with E-state index in [2.05, 4.69) is 32.9 Å². The Morgan fingerprint density at radius 2 is 1.86 bits per heavy atom. The lowest BCUT2D eigenvalue weighted by molar-refractivity contribution is -0.143. The van der Waals surface area contributed by atoms with E-state index in [0.717, 1.165) is 5.75 Å². The molecular weight excluding hydrogens is 266 g/mol. The molecule has 0 amide bonds. The molecule has 0 heterocycles. The fourth-order valence-corrected chi connectivity index (χ4v) is 2.19. The molecule has 4 heteroatoms. The quantitative estimate of drug-likeness (QED) is 0.839. The second kappa shape index (κ2) is 7.46. The SMILES string of the molecule is CCC(C(=O)O)N(C)CCOc1ccc(C(C)(C)C)cc1. The van der Waals surface area contributed by atoms with Crippen molar-refractivity contribution in [3.8, 4) is 5.75 Å². The molecule has 4 nitrogen and oxygen atoms in total. The topological polar surface area (TPSA) is 49.8 Å². The molecule has 0 aromatic heterocycles. The van der Waals surface area contributed by atoms with Crippen molar-refractivity contribution in [1.82, 2.24) is 4.90 Å². The van der Waals surface area contributed by atoms with E-state index in [9.17, 15) is 4.79 Å². The van der Waals surface area contributed by atoms with Crippen molar-refractivity contribution in [3.63, 3.8) is 0 Å². The molecule has 0 saturated carbocycles. The van der Waals surface area contributed by atoms with E-state index < -0.39 is 12.0 Å². The van der Waals surface area contributed by atoms with Gasteiger partial charge in [0.15, 0.2) is 0 Å². The maximum absolute atomic E-state index is 11.1. The molecule has 0 aliphatic heterocycles. The van der Waals surface area contributed by atoms with Crippen LogP contribution in [-0.2, 0) is 10.2 Å². The van der Waals surface area contributed by atoms with Gasteiger partial charge >= 0.3 is 5.97 Å². The smallest absolute Gasteiger partial charge is 0.320 e. The second-order valence-electron chi connectivity index (χ2n) is 6.37. The Morgan fingerprint density at radius 3 is 2.29 bits per heavy atom. The summed E-state index contributed by atoms with van der Waals surface area (Å²) < 4.78 is 5.68. The van der Waals surface area contributed by atoms with E-state index in [0.29, 0.717) is 19.6 Å². The van der Waals surface area contributed by atoms with Crippen molar-refractivity contribution in [3.05, 3.63) is 29.8 Å². The van der Waals surface area contributed by atoms with Crippen LogP contribution in [0.2, 0.25) is 0 Å². The Morgan fingerprint density at radius 1 is 1.29 bits per heavy atom. The molecule has 0 aliphatic rings. The highest BCUT2D eigenvalue weighted by Crippen LogP contribution is 2.24. The molecule has 0 fully saturated rings. The number of benzene rings is 1. The highest BCUT2D eigenvalue weighted by molar-refractivity contribution is 5.73. The van der Waals surface area contributed by atoms with Crippen molar-refractivity contribution in [2.75, 3.05) is 20.2 Å². The molecule has 1 aromatic carbocycles. The van der Waals surface area contributed by atoms with Crippen LogP contribution in [0.5, 0.6) is 5.75 Å². The Labute approximate surface area is 127 Å². The van der Waals surface area contributed by atoms with Gasteiger partial charge in [0, 0.05) is 6.54 Å². The summed E-state index contributed by atoms with van der Waals surface area (Å²) in [6, 6.07) is 7.64. The van der Waals surface area contributed by atoms with Gasteiger partial charge in [-0.1, -0.05) is 39.8 Å². The summed E-state index contributed by atoms with van der Waals surface area (Å²) in [5.74, 6) is 0.0364. The standard InChI is InChI=1S/C17H27NO3/c1-6-15(16(19)20)18(5)11-12-21-14-9-7-13(8-10-14)17(2,3)4/h7-10,15H,6,11-12H2,1-5H3,(H,19,20). The van der Waals surface area contributed by atoms with Gasteiger partial charge in [0.25, 0.3) is 0 Å². The third-order valence-corrected chi connectivity index (χ3v) is 3.64. The number of likely N-dealkylation sites (N-methyl/N-ethyl adjacent to an activating group) is 1. The molecular formula is C17H27NO3. The summed E-state index contributed by atoms with van der Waals surface area (Å²) in [5.41, 5.74) is 1.40. The summed E-state index contributed by atoms with van der Waals surface area (Å²) in [5, 5.41) is 9.08. The lowest BCUT2D eigenvalue weighted by Gasteiger charge is -2.23. The molecule has 0 radical (unpaired) electrons. The fourth-order valence-electron chi connectivity index (χ4n) is 2.19. The van der Waals surface area contributed by atoms with Gasteiger partial charge in [-0.3, -0.25) is 9.69 Å². The molecule has 0 spiro atoms. The molecule has 0 bridgehead atoms. The lowest BCUT2D eigenvalue weighted by atomic mass is 9.87. The predicted octanol–water partition coefficient (Wildman–Crippen LogP) is 3.16. The summed E-state index contributed by atoms with van der Waals surface area (Å²) in [6.07, 6.45) is 0.589. The molecule has 21 heavy (non-hydrogen) atoms. The highest BCUT2D eigenvalue weighted by Gasteiger charge is 2.20. The number of ether oxygens (including phenoxy) is 1. The minimum atomic E-state index is -0.783. The highest BCUT2D eigenvalue weighted by atomic mass is 16.5. The first kappa shape index (κ1) is 17.5. The van der Waals surface area contributed by atoms with Crippen LogP contribution in [0.1, 0.15) is 39.7 Å². The van der Waals surface area contributed by atoms with Crippen LogP contribution in [0.4, 0.5) is 0 Å². The van der Waals surface area contributed by atoms with Crippen molar-refractivity contribution in [2.45, 2.75) is 45.6 Å². The number of rotatable bonds is 7. The number of nitrogens with zero attached hydrogens (tertiary/aromatic N) is 1. The van der Waals surface area contributed by atoms with Gasteiger partial charge in [-0.2, -0.15) is 0 Å². The Balaban J connectivity index is 2.47. The van der Waals surface area contributed by atoms with Crippen molar-refractivity contribution < 1.29 is 14.6 Å². The number of hydrogen-bond acceptors (Lipinski definition) is 3. The normalized spacial score (nSPS) is 13.2. The second-order valence-corrected chi connectivity index (χ2v) is 6.37. The number of aliphatic carboxylic acids is 1. The van der Waals surface area contributed by atoms with E-state index in [1.807, 2.05) is 31.0 Å². The molecule has 1 rings (SSSR count). The van der Waals surface area contributed by atoms with Crippen LogP contribution >= 0.6 is 0 Å². The van der Waals surface area contributed by atoms with Crippen molar-refractivity contribution in [1.29, 1.82) is 0 Å². The van der Waals surface area contributed by atoms with E-state index in [4.69, 9.17) is 9.84 Å². The molecule has 1 N–H and O–H groups in total. The predicted molar refractivity (Wildman–Crippen MR) is 85.0 cm³/mol. The summed E-state index contributed by atoms with van der Waals surface area (Å²) in [6.45, 7) is 9.47. The largest absolute Gasteiger partial charge is 0.492 e. The zero-order chi connectivity index (χ0) is 16.0. The van der Waals surface area contributed by atoms with Gasteiger partial charge in [-0.25, -0.2) is 0 Å². The maximum Gasteiger partial charge on any atom is 0.320 e. The third kappa shape index (κ3) is 5.38. The zero-order valence-electron chi connectivity index (χ0n) is 13.7. The summed E-state index contributed by atoms with van der Waals surface area (Å²) in [4.78, 5) is 12.9. The first-order valence-electron chi connectivity index (χ1n) is 7.42. The first-order valence-corrected chi connectivity index (χ1v) is 7.42. The fraction of sp³-hybridized carbons (Fsp3) is 0.588. The van der Waals surface area contributed by atoms with E-state index in [1.165, 1.54) is 5.56 Å².